The lowest BCUT2D eigenvalue weighted by Gasteiger charge is -2.46. The number of aliphatic hydroxyl groups is 1. The third kappa shape index (κ3) is 3.62. The van der Waals surface area contributed by atoms with Crippen molar-refractivity contribution in [2.75, 3.05) is 26.2 Å². The largest absolute Gasteiger partial charge is 0.379 e. The molecule has 0 aliphatic carbocycles. The number of nitrogens with one attached hydrogen (secondary N) is 1. The predicted molar refractivity (Wildman–Crippen MR) is 99.4 cm³/mol. The van der Waals surface area contributed by atoms with Crippen LogP contribution in [-0.2, 0) is 16.1 Å². The molecule has 1 aromatic rings. The van der Waals surface area contributed by atoms with Gasteiger partial charge >= 0.3 is 0 Å². The molecule has 3 rings (SSSR count). The highest BCUT2D eigenvalue weighted by atomic mass is 16.3. The molecule has 26 heavy (non-hydrogen) atoms. The van der Waals surface area contributed by atoms with E-state index in [1.165, 1.54) is 0 Å². The molecule has 0 spiro atoms. The molecule has 2 aliphatic rings. The zero-order valence-electron chi connectivity index (χ0n) is 15.9. The number of amides is 2. The van der Waals surface area contributed by atoms with E-state index in [0.717, 1.165) is 17.5 Å². The number of piperazine rings is 1. The normalized spacial score (nSPS) is 26.7. The molecule has 2 amide bonds. The van der Waals surface area contributed by atoms with Crippen molar-refractivity contribution in [1.29, 1.82) is 0 Å². The molecule has 0 bridgehead atoms. The monoisotopic (exact) mass is 359 g/mol. The first-order valence-corrected chi connectivity index (χ1v) is 9.33. The molecule has 0 radical (unpaired) electrons. The van der Waals surface area contributed by atoms with Gasteiger partial charge in [-0.15, -0.1) is 0 Å². The van der Waals surface area contributed by atoms with E-state index in [1.54, 1.807) is 4.90 Å². The standard InChI is InChI=1S/C20H29N3O3/c1-15-6-4-7-16(12-15)13-22-10-5-8-20(26,18(22)25)14-23-11-9-21-17(24)19(23,2)3/h4,6-7,12,26H,5,8-11,13-14H2,1-3H3,(H,21,24). The van der Waals surface area contributed by atoms with Gasteiger partial charge in [-0.2, -0.15) is 0 Å². The molecule has 2 aliphatic heterocycles. The number of nitrogens with zero attached hydrogens (tertiary/aromatic N) is 2. The molecule has 1 aromatic carbocycles. The van der Waals surface area contributed by atoms with Gasteiger partial charge in [0.25, 0.3) is 5.91 Å². The fourth-order valence-corrected chi connectivity index (χ4v) is 3.93. The number of benzene rings is 1. The Labute approximate surface area is 155 Å². The Bertz CT molecular complexity index is 703. The molecule has 2 fully saturated rings. The van der Waals surface area contributed by atoms with Crippen molar-refractivity contribution in [3.8, 4) is 0 Å². The Morgan fingerprint density at radius 1 is 1.23 bits per heavy atom. The van der Waals surface area contributed by atoms with Crippen molar-refractivity contribution in [2.45, 2.75) is 51.3 Å². The van der Waals surface area contributed by atoms with E-state index >= 15 is 0 Å². The maximum atomic E-state index is 13.1. The van der Waals surface area contributed by atoms with E-state index in [1.807, 2.05) is 43.9 Å². The van der Waals surface area contributed by atoms with Crippen molar-refractivity contribution < 1.29 is 14.7 Å². The van der Waals surface area contributed by atoms with Gasteiger partial charge in [0.1, 0.15) is 0 Å². The molecule has 6 nitrogen and oxygen atoms in total. The van der Waals surface area contributed by atoms with Gasteiger partial charge in [-0.3, -0.25) is 14.5 Å². The summed E-state index contributed by atoms with van der Waals surface area (Å²) < 4.78 is 0. The van der Waals surface area contributed by atoms with E-state index in [9.17, 15) is 14.7 Å². The SMILES string of the molecule is Cc1cccc(CN2CCCC(O)(CN3CCNC(=O)C3(C)C)C2=O)c1. The summed E-state index contributed by atoms with van der Waals surface area (Å²) in [6.07, 6.45) is 1.19. The smallest absolute Gasteiger partial charge is 0.256 e. The second-order valence-electron chi connectivity index (χ2n) is 8.09. The first-order chi connectivity index (χ1) is 12.2. The highest BCUT2D eigenvalue weighted by Crippen LogP contribution is 2.29. The van der Waals surface area contributed by atoms with Crippen LogP contribution in [0, 0.1) is 6.92 Å². The van der Waals surface area contributed by atoms with Crippen LogP contribution in [-0.4, -0.2) is 64.0 Å². The van der Waals surface area contributed by atoms with Crippen LogP contribution in [0.25, 0.3) is 0 Å². The van der Waals surface area contributed by atoms with Crippen LogP contribution in [0.1, 0.15) is 37.8 Å². The van der Waals surface area contributed by atoms with Gasteiger partial charge in [0, 0.05) is 32.7 Å². The first-order valence-electron chi connectivity index (χ1n) is 9.33. The third-order valence-corrected chi connectivity index (χ3v) is 5.63. The zero-order chi connectivity index (χ0) is 18.9. The number of likely N-dealkylation sites (tertiary alicyclic amines) is 1. The third-order valence-electron chi connectivity index (χ3n) is 5.63. The zero-order valence-corrected chi connectivity index (χ0v) is 15.9. The molecule has 142 valence electrons. The van der Waals surface area contributed by atoms with Crippen molar-refractivity contribution in [1.82, 2.24) is 15.1 Å². The summed E-state index contributed by atoms with van der Waals surface area (Å²) in [5.74, 6) is -0.292. The minimum atomic E-state index is -1.43. The predicted octanol–water partition coefficient (Wildman–Crippen LogP) is 1.06. The van der Waals surface area contributed by atoms with Gasteiger partial charge in [-0.05, 0) is 39.2 Å². The lowest BCUT2D eigenvalue weighted by atomic mass is 9.88. The summed E-state index contributed by atoms with van der Waals surface area (Å²) in [4.78, 5) is 28.9. The Kier molecular flexibility index (Phi) is 5.08. The summed E-state index contributed by atoms with van der Waals surface area (Å²) in [5.41, 5.74) is 0.0629. The quantitative estimate of drug-likeness (QED) is 0.843. The Morgan fingerprint density at radius 2 is 2.00 bits per heavy atom. The van der Waals surface area contributed by atoms with Gasteiger partial charge in [0.05, 0.1) is 5.54 Å². The molecule has 1 unspecified atom stereocenters. The van der Waals surface area contributed by atoms with Crippen LogP contribution in [0.4, 0.5) is 0 Å². The van der Waals surface area contributed by atoms with E-state index in [2.05, 4.69) is 11.4 Å². The Morgan fingerprint density at radius 3 is 2.73 bits per heavy atom. The summed E-state index contributed by atoms with van der Waals surface area (Å²) in [6, 6.07) is 8.09. The minimum absolute atomic E-state index is 0.0628. The van der Waals surface area contributed by atoms with E-state index in [0.29, 0.717) is 32.6 Å². The van der Waals surface area contributed by atoms with Crippen molar-refractivity contribution in [3.63, 3.8) is 0 Å². The number of aryl methyl sites for hydroxylation is 1. The summed E-state index contributed by atoms with van der Waals surface area (Å²) in [5, 5.41) is 14.0. The van der Waals surface area contributed by atoms with Crippen molar-refractivity contribution >= 4 is 11.8 Å². The lowest BCUT2D eigenvalue weighted by molar-refractivity contribution is -0.164. The molecular weight excluding hydrogens is 330 g/mol. The molecular formula is C20H29N3O3. The number of hydrogen-bond acceptors (Lipinski definition) is 4. The van der Waals surface area contributed by atoms with Crippen LogP contribution in [0.3, 0.4) is 0 Å². The van der Waals surface area contributed by atoms with Crippen LogP contribution >= 0.6 is 0 Å². The second kappa shape index (κ2) is 7.00. The number of β-amino-alcohol motifs (C(OH)–C–C–N with tert-alkyl or cyclic N) is 1. The van der Waals surface area contributed by atoms with Crippen LogP contribution in [0.2, 0.25) is 0 Å². The molecule has 2 saturated heterocycles. The number of carbonyl (C=O) groups excluding carboxylic acids is 2. The van der Waals surface area contributed by atoms with Gasteiger partial charge < -0.3 is 15.3 Å². The number of carbonyl (C=O) groups is 2. The summed E-state index contributed by atoms with van der Waals surface area (Å²) in [7, 11) is 0. The van der Waals surface area contributed by atoms with Gasteiger partial charge in [-0.1, -0.05) is 29.8 Å². The number of hydrogen-bond donors (Lipinski definition) is 2. The van der Waals surface area contributed by atoms with Gasteiger partial charge in [-0.25, -0.2) is 0 Å². The Balaban J connectivity index is 1.74. The maximum Gasteiger partial charge on any atom is 0.256 e. The van der Waals surface area contributed by atoms with Crippen molar-refractivity contribution in [2.24, 2.45) is 0 Å². The maximum absolute atomic E-state index is 13.1. The molecule has 0 saturated carbocycles. The number of rotatable bonds is 4. The Hall–Kier alpha value is -1.92. The van der Waals surface area contributed by atoms with Crippen LogP contribution in [0.15, 0.2) is 24.3 Å². The molecule has 0 aromatic heterocycles. The fourth-order valence-electron chi connectivity index (χ4n) is 3.93. The summed E-state index contributed by atoms with van der Waals surface area (Å²) in [6.45, 7) is 8.22. The highest BCUT2D eigenvalue weighted by Gasteiger charge is 2.47. The van der Waals surface area contributed by atoms with E-state index < -0.39 is 11.1 Å². The molecule has 1 atom stereocenters. The number of piperidine rings is 1. The average Bonchev–Trinajstić information content (AvgIpc) is 2.57. The average molecular weight is 359 g/mol. The van der Waals surface area contributed by atoms with E-state index in [-0.39, 0.29) is 18.4 Å². The lowest BCUT2D eigenvalue weighted by Crippen LogP contribution is -2.67. The van der Waals surface area contributed by atoms with Crippen LogP contribution in [0.5, 0.6) is 0 Å². The van der Waals surface area contributed by atoms with Crippen LogP contribution < -0.4 is 5.32 Å². The second-order valence-corrected chi connectivity index (χ2v) is 8.09. The molecule has 2 N–H and O–H groups in total. The minimum Gasteiger partial charge on any atom is -0.379 e. The summed E-state index contributed by atoms with van der Waals surface area (Å²) >= 11 is 0. The topological polar surface area (TPSA) is 72.9 Å². The van der Waals surface area contributed by atoms with Crippen molar-refractivity contribution in [3.05, 3.63) is 35.4 Å². The molecule has 6 heteroatoms. The van der Waals surface area contributed by atoms with Gasteiger partial charge in [0.15, 0.2) is 5.60 Å². The van der Waals surface area contributed by atoms with E-state index in [4.69, 9.17) is 0 Å². The highest BCUT2D eigenvalue weighted by molar-refractivity contribution is 5.88. The molecule has 2 heterocycles. The fraction of sp³-hybridized carbons (Fsp3) is 0.600. The first kappa shape index (κ1) is 18.9. The van der Waals surface area contributed by atoms with Gasteiger partial charge in [0.2, 0.25) is 5.91 Å².